The zero-order valence-electron chi connectivity index (χ0n) is 15.4. The molecule has 1 fully saturated rings. The van der Waals surface area contributed by atoms with Crippen molar-refractivity contribution in [2.45, 2.75) is 37.8 Å². The standard InChI is InChI=1S/C19H25F3N4O/c1-23-18(24-10-9-19(20,21)22)26-13-14(15-5-2-3-6-16(15)26)8-12-25-11-4-7-17(25)27/h2-3,5-6,14H,4,7-13H2,1H3,(H,23,24). The summed E-state index contributed by atoms with van der Waals surface area (Å²) >= 11 is 0. The predicted octanol–water partition coefficient (Wildman–Crippen LogP) is 3.13. The fraction of sp³-hybridized carbons (Fsp3) is 0.579. The highest BCUT2D eigenvalue weighted by atomic mass is 19.4. The van der Waals surface area contributed by atoms with Gasteiger partial charge in [0.2, 0.25) is 5.91 Å². The Morgan fingerprint density at radius 3 is 2.78 bits per heavy atom. The molecule has 1 atom stereocenters. The zero-order chi connectivity index (χ0) is 19.4. The molecule has 27 heavy (non-hydrogen) atoms. The summed E-state index contributed by atoms with van der Waals surface area (Å²) in [5.41, 5.74) is 2.12. The van der Waals surface area contributed by atoms with Crippen molar-refractivity contribution in [1.82, 2.24) is 10.2 Å². The first kappa shape index (κ1) is 19.5. The number of nitrogens with one attached hydrogen (secondary N) is 1. The van der Waals surface area contributed by atoms with Crippen molar-refractivity contribution in [2.75, 3.05) is 38.1 Å². The minimum Gasteiger partial charge on any atom is -0.356 e. The number of nitrogens with zero attached hydrogens (tertiary/aromatic N) is 3. The molecule has 1 aromatic rings. The van der Waals surface area contributed by atoms with Crippen molar-refractivity contribution in [1.29, 1.82) is 0 Å². The maximum atomic E-state index is 12.4. The molecule has 0 bridgehead atoms. The van der Waals surface area contributed by atoms with Gasteiger partial charge in [0.15, 0.2) is 5.96 Å². The SMILES string of the molecule is CN=C(NCCC(F)(F)F)N1CC(CCN2CCCC2=O)c2ccccc21. The van der Waals surface area contributed by atoms with Crippen LogP contribution in [0.15, 0.2) is 29.3 Å². The van der Waals surface area contributed by atoms with Crippen LogP contribution >= 0.6 is 0 Å². The van der Waals surface area contributed by atoms with Crippen molar-refractivity contribution >= 4 is 17.6 Å². The molecule has 1 amide bonds. The van der Waals surface area contributed by atoms with Crippen LogP contribution in [-0.2, 0) is 4.79 Å². The second kappa shape index (κ2) is 8.19. The first-order chi connectivity index (χ1) is 12.9. The van der Waals surface area contributed by atoms with Crippen molar-refractivity contribution < 1.29 is 18.0 Å². The lowest BCUT2D eigenvalue weighted by atomic mass is 9.98. The first-order valence-electron chi connectivity index (χ1n) is 9.30. The number of benzene rings is 1. The van der Waals surface area contributed by atoms with E-state index in [-0.39, 0.29) is 18.4 Å². The van der Waals surface area contributed by atoms with E-state index in [1.54, 1.807) is 7.05 Å². The maximum absolute atomic E-state index is 12.4. The number of hydrogen-bond acceptors (Lipinski definition) is 2. The van der Waals surface area contributed by atoms with Crippen molar-refractivity contribution in [3.05, 3.63) is 29.8 Å². The largest absolute Gasteiger partial charge is 0.390 e. The Morgan fingerprint density at radius 2 is 2.11 bits per heavy atom. The summed E-state index contributed by atoms with van der Waals surface area (Å²) in [4.78, 5) is 19.9. The molecule has 1 saturated heterocycles. The van der Waals surface area contributed by atoms with Gasteiger partial charge in [-0.05, 0) is 24.5 Å². The number of guanidine groups is 1. The van der Waals surface area contributed by atoms with Gasteiger partial charge in [0.05, 0.1) is 6.42 Å². The van der Waals surface area contributed by atoms with E-state index >= 15 is 0 Å². The van der Waals surface area contributed by atoms with Crippen LogP contribution in [0, 0.1) is 0 Å². The molecular formula is C19H25F3N4O. The van der Waals surface area contributed by atoms with Crippen LogP contribution in [0.3, 0.4) is 0 Å². The minimum atomic E-state index is -4.19. The number of para-hydroxylation sites is 1. The Hall–Kier alpha value is -2.25. The van der Waals surface area contributed by atoms with Gasteiger partial charge >= 0.3 is 6.18 Å². The molecule has 0 spiro atoms. The average Bonchev–Trinajstić information content (AvgIpc) is 3.20. The molecule has 148 valence electrons. The maximum Gasteiger partial charge on any atom is 0.390 e. The highest BCUT2D eigenvalue weighted by molar-refractivity contribution is 5.98. The van der Waals surface area contributed by atoms with E-state index in [0.29, 0.717) is 25.5 Å². The van der Waals surface area contributed by atoms with Gasteiger partial charge in [0, 0.05) is 51.3 Å². The number of amides is 1. The van der Waals surface area contributed by atoms with E-state index < -0.39 is 12.6 Å². The third kappa shape index (κ3) is 4.73. The highest BCUT2D eigenvalue weighted by Gasteiger charge is 2.33. The second-order valence-electron chi connectivity index (χ2n) is 6.98. The number of fused-ring (bicyclic) bond motifs is 1. The Bertz CT molecular complexity index is 704. The Morgan fingerprint density at radius 1 is 1.33 bits per heavy atom. The molecule has 0 aromatic heterocycles. The third-order valence-corrected chi connectivity index (χ3v) is 5.15. The number of alkyl halides is 3. The van der Waals surface area contributed by atoms with Gasteiger partial charge in [0.25, 0.3) is 0 Å². The molecule has 1 unspecified atom stereocenters. The van der Waals surface area contributed by atoms with E-state index in [2.05, 4.69) is 16.4 Å². The Balaban J connectivity index is 1.67. The number of hydrogen-bond donors (Lipinski definition) is 1. The molecule has 8 heteroatoms. The molecule has 2 aliphatic rings. The number of halogens is 3. The van der Waals surface area contributed by atoms with Gasteiger partial charge in [-0.25, -0.2) is 0 Å². The van der Waals surface area contributed by atoms with Gasteiger partial charge in [-0.1, -0.05) is 18.2 Å². The molecule has 2 heterocycles. The van der Waals surface area contributed by atoms with Crippen LogP contribution in [0.25, 0.3) is 0 Å². The second-order valence-corrected chi connectivity index (χ2v) is 6.98. The van der Waals surface area contributed by atoms with Crippen LogP contribution in [0.1, 0.15) is 37.2 Å². The highest BCUT2D eigenvalue weighted by Crippen LogP contribution is 2.38. The molecule has 1 aromatic carbocycles. The number of carbonyl (C=O) groups is 1. The number of carbonyl (C=O) groups excluding carboxylic acids is 1. The number of anilines is 1. The fourth-order valence-electron chi connectivity index (χ4n) is 3.81. The molecule has 2 aliphatic heterocycles. The Labute approximate surface area is 157 Å². The molecular weight excluding hydrogens is 357 g/mol. The molecule has 3 rings (SSSR count). The fourth-order valence-corrected chi connectivity index (χ4v) is 3.81. The van der Waals surface area contributed by atoms with Crippen LogP contribution in [-0.4, -0.2) is 56.2 Å². The van der Waals surface area contributed by atoms with Crippen LogP contribution in [0.2, 0.25) is 0 Å². The normalized spacial score (nSPS) is 20.4. The van der Waals surface area contributed by atoms with E-state index in [4.69, 9.17) is 0 Å². The van der Waals surface area contributed by atoms with Crippen LogP contribution in [0.4, 0.5) is 18.9 Å². The topological polar surface area (TPSA) is 47.9 Å². The van der Waals surface area contributed by atoms with Crippen LogP contribution in [0.5, 0.6) is 0 Å². The average molecular weight is 382 g/mol. The van der Waals surface area contributed by atoms with Gasteiger partial charge in [0.1, 0.15) is 0 Å². The first-order valence-corrected chi connectivity index (χ1v) is 9.30. The number of likely N-dealkylation sites (tertiary alicyclic amines) is 1. The summed E-state index contributed by atoms with van der Waals surface area (Å²) in [7, 11) is 1.58. The number of aliphatic imine (C=N–C) groups is 1. The van der Waals surface area contributed by atoms with Gasteiger partial charge < -0.3 is 15.1 Å². The lowest BCUT2D eigenvalue weighted by Gasteiger charge is -2.23. The van der Waals surface area contributed by atoms with Crippen LogP contribution < -0.4 is 10.2 Å². The predicted molar refractivity (Wildman–Crippen MR) is 99.0 cm³/mol. The zero-order valence-corrected chi connectivity index (χ0v) is 15.4. The molecule has 1 N–H and O–H groups in total. The lowest BCUT2D eigenvalue weighted by Crippen LogP contribution is -2.42. The smallest absolute Gasteiger partial charge is 0.356 e. The number of rotatable bonds is 5. The lowest BCUT2D eigenvalue weighted by molar-refractivity contribution is -0.133. The summed E-state index contributed by atoms with van der Waals surface area (Å²) in [6.45, 7) is 1.97. The van der Waals surface area contributed by atoms with E-state index in [9.17, 15) is 18.0 Å². The summed E-state index contributed by atoms with van der Waals surface area (Å²) < 4.78 is 37.3. The summed E-state index contributed by atoms with van der Waals surface area (Å²) in [5.74, 6) is 0.880. The van der Waals surface area contributed by atoms with Gasteiger partial charge in [-0.15, -0.1) is 0 Å². The van der Waals surface area contributed by atoms with E-state index in [1.165, 1.54) is 0 Å². The monoisotopic (exact) mass is 382 g/mol. The molecule has 0 radical (unpaired) electrons. The molecule has 5 nitrogen and oxygen atoms in total. The van der Waals surface area contributed by atoms with Gasteiger partial charge in [-0.3, -0.25) is 9.79 Å². The van der Waals surface area contributed by atoms with E-state index in [1.807, 2.05) is 28.0 Å². The minimum absolute atomic E-state index is 0.207. The van der Waals surface area contributed by atoms with Gasteiger partial charge in [-0.2, -0.15) is 13.2 Å². The van der Waals surface area contributed by atoms with E-state index in [0.717, 1.165) is 30.6 Å². The van der Waals surface area contributed by atoms with Crippen molar-refractivity contribution in [3.8, 4) is 0 Å². The molecule has 0 saturated carbocycles. The summed E-state index contributed by atoms with van der Waals surface area (Å²) in [6.07, 6.45) is -2.72. The summed E-state index contributed by atoms with van der Waals surface area (Å²) in [6, 6.07) is 7.90. The summed E-state index contributed by atoms with van der Waals surface area (Å²) in [5, 5.41) is 2.83. The Kier molecular flexibility index (Phi) is 5.92. The quantitative estimate of drug-likeness (QED) is 0.629. The van der Waals surface area contributed by atoms with Crippen molar-refractivity contribution in [2.24, 2.45) is 4.99 Å². The third-order valence-electron chi connectivity index (χ3n) is 5.15. The molecule has 0 aliphatic carbocycles. The van der Waals surface area contributed by atoms with Crippen molar-refractivity contribution in [3.63, 3.8) is 0 Å².